The van der Waals surface area contributed by atoms with Crippen LogP contribution in [0.25, 0.3) is 11.0 Å². The number of pyridine rings is 1. The quantitative estimate of drug-likeness (QED) is 0.166. The molecule has 0 saturated heterocycles. The number of halogens is 1. The molecular weight excluding hydrogens is 552 g/mol. The summed E-state index contributed by atoms with van der Waals surface area (Å²) in [5.74, 6) is 7.16. The van der Waals surface area contributed by atoms with Gasteiger partial charge in [0.25, 0.3) is 0 Å². The molecule has 0 aliphatic heterocycles. The molecule has 3 heterocycles. The van der Waals surface area contributed by atoms with Gasteiger partial charge in [-0.3, -0.25) is 9.78 Å². The smallest absolute Gasteiger partial charge is 0.323 e. The summed E-state index contributed by atoms with van der Waals surface area (Å²) in [4.78, 5) is 25.6. The Kier molecular flexibility index (Phi) is 8.95. The van der Waals surface area contributed by atoms with E-state index in [2.05, 4.69) is 32.1 Å². The molecule has 1 saturated carbocycles. The Hall–Kier alpha value is -4.13. The molecule has 3 aromatic heterocycles. The zero-order valence-corrected chi connectivity index (χ0v) is 25.1. The summed E-state index contributed by atoms with van der Waals surface area (Å²) in [5, 5.41) is 4.13. The molecule has 218 valence electrons. The number of nitrogens with two attached hydrogens (primary N) is 1. The van der Waals surface area contributed by atoms with E-state index in [0.29, 0.717) is 29.7 Å². The van der Waals surface area contributed by atoms with Gasteiger partial charge in [0.05, 0.1) is 30.3 Å². The third kappa shape index (κ3) is 6.51. The van der Waals surface area contributed by atoms with Crippen molar-refractivity contribution in [3.05, 3.63) is 75.3 Å². The molecule has 0 bridgehead atoms. The number of carbonyl (C=O) groups is 1. The van der Waals surface area contributed by atoms with Crippen molar-refractivity contribution in [3.63, 3.8) is 0 Å². The van der Waals surface area contributed by atoms with E-state index in [1.807, 2.05) is 55.8 Å². The lowest BCUT2D eigenvalue weighted by Crippen LogP contribution is -2.36. The highest BCUT2D eigenvalue weighted by molar-refractivity contribution is 6.34. The number of ether oxygens (including phenoxy) is 2. The molecule has 1 atom stereocenters. The van der Waals surface area contributed by atoms with E-state index in [0.717, 1.165) is 59.4 Å². The minimum Gasteiger partial charge on any atom is -0.496 e. The van der Waals surface area contributed by atoms with Gasteiger partial charge in [-0.1, -0.05) is 35.6 Å². The minimum absolute atomic E-state index is 0.0688. The fourth-order valence-corrected chi connectivity index (χ4v) is 5.51. The van der Waals surface area contributed by atoms with Gasteiger partial charge in [-0.2, -0.15) is 4.98 Å². The van der Waals surface area contributed by atoms with Gasteiger partial charge >= 0.3 is 5.97 Å². The van der Waals surface area contributed by atoms with Gasteiger partial charge in [0.15, 0.2) is 0 Å². The van der Waals surface area contributed by atoms with Crippen LogP contribution in [0.4, 0.5) is 5.95 Å². The van der Waals surface area contributed by atoms with Crippen LogP contribution in [0.2, 0.25) is 5.15 Å². The molecule has 1 fully saturated rings. The van der Waals surface area contributed by atoms with Crippen LogP contribution >= 0.6 is 11.6 Å². The number of nitrogen functional groups attached to an aromatic ring is 1. The van der Waals surface area contributed by atoms with E-state index >= 15 is 0 Å². The van der Waals surface area contributed by atoms with Crippen LogP contribution in [-0.2, 0) is 22.6 Å². The second-order valence-corrected chi connectivity index (χ2v) is 11.0. The molecule has 42 heavy (non-hydrogen) atoms. The average molecular weight is 587 g/mol. The minimum atomic E-state index is -0.372. The summed E-state index contributed by atoms with van der Waals surface area (Å²) in [6.45, 7) is 6.77. The first-order valence-electron chi connectivity index (χ1n) is 14.1. The van der Waals surface area contributed by atoms with Crippen molar-refractivity contribution >= 4 is 34.6 Å². The number of rotatable bonds is 8. The van der Waals surface area contributed by atoms with E-state index in [-0.39, 0.29) is 29.2 Å². The lowest BCUT2D eigenvalue weighted by Gasteiger charge is -2.17. The lowest BCUT2D eigenvalue weighted by molar-refractivity contribution is -0.150. The summed E-state index contributed by atoms with van der Waals surface area (Å²) >= 11 is 6.53. The molecule has 0 unspecified atom stereocenters. The summed E-state index contributed by atoms with van der Waals surface area (Å²) in [6, 6.07) is 7.51. The zero-order chi connectivity index (χ0) is 29.8. The first-order valence-corrected chi connectivity index (χ1v) is 14.5. The first kappa shape index (κ1) is 29.4. The van der Waals surface area contributed by atoms with Crippen LogP contribution in [-0.4, -0.2) is 44.7 Å². The van der Waals surface area contributed by atoms with Crippen LogP contribution in [0, 0.1) is 25.7 Å². The largest absolute Gasteiger partial charge is 0.496 e. The molecule has 0 amide bonds. The molecule has 10 heteroatoms. The Morgan fingerprint density at radius 3 is 2.64 bits per heavy atom. The number of nitrogens with zero attached hydrogens (tertiary/aromatic N) is 4. The Bertz CT molecular complexity index is 1670. The Labute approximate surface area is 250 Å². The molecular formula is C32H35ClN6O3. The van der Waals surface area contributed by atoms with Crippen LogP contribution < -0.4 is 15.8 Å². The molecule has 9 nitrogen and oxygen atoms in total. The second-order valence-electron chi connectivity index (χ2n) is 10.7. The molecule has 5 rings (SSSR count). The number of hydrogen-bond donors (Lipinski definition) is 2. The molecule has 0 spiro atoms. The third-order valence-electron chi connectivity index (χ3n) is 7.61. The van der Waals surface area contributed by atoms with Crippen LogP contribution in [0.1, 0.15) is 66.1 Å². The van der Waals surface area contributed by atoms with Crippen LogP contribution in [0.15, 0.2) is 36.7 Å². The number of fused-ring (bicyclic) bond motifs is 1. The zero-order valence-electron chi connectivity index (χ0n) is 24.3. The maximum atomic E-state index is 12.4. The molecule has 4 aromatic rings. The third-order valence-corrected chi connectivity index (χ3v) is 7.88. The monoisotopic (exact) mass is 586 g/mol. The van der Waals surface area contributed by atoms with Gasteiger partial charge in [-0.05, 0) is 64.2 Å². The number of aryl methyl sites for hydroxylation is 1. The van der Waals surface area contributed by atoms with Crippen molar-refractivity contribution in [1.29, 1.82) is 0 Å². The van der Waals surface area contributed by atoms with Crippen molar-refractivity contribution in [2.75, 3.05) is 12.8 Å². The van der Waals surface area contributed by atoms with E-state index in [1.54, 1.807) is 13.3 Å². The first-order chi connectivity index (χ1) is 20.2. The molecule has 1 aliphatic rings. The summed E-state index contributed by atoms with van der Waals surface area (Å²) in [6.07, 6.45) is 7.96. The van der Waals surface area contributed by atoms with E-state index < -0.39 is 0 Å². The van der Waals surface area contributed by atoms with Gasteiger partial charge in [0.1, 0.15) is 28.7 Å². The maximum absolute atomic E-state index is 12.4. The molecule has 1 aromatic carbocycles. The predicted octanol–water partition coefficient (Wildman–Crippen LogP) is 5.10. The van der Waals surface area contributed by atoms with E-state index in [9.17, 15) is 4.79 Å². The fourth-order valence-electron chi connectivity index (χ4n) is 5.24. The Morgan fingerprint density at radius 2 is 1.93 bits per heavy atom. The van der Waals surface area contributed by atoms with E-state index in [4.69, 9.17) is 26.8 Å². The number of anilines is 1. The predicted molar refractivity (Wildman–Crippen MR) is 163 cm³/mol. The van der Waals surface area contributed by atoms with Gasteiger partial charge < -0.3 is 25.1 Å². The van der Waals surface area contributed by atoms with Crippen molar-refractivity contribution in [2.24, 2.45) is 0 Å². The highest BCUT2D eigenvalue weighted by Gasteiger charge is 2.22. The summed E-state index contributed by atoms with van der Waals surface area (Å²) in [7, 11) is 1.66. The molecule has 0 radical (unpaired) electrons. The van der Waals surface area contributed by atoms with Crippen molar-refractivity contribution in [1.82, 2.24) is 24.8 Å². The Balaban J connectivity index is 1.32. The number of benzene rings is 1. The van der Waals surface area contributed by atoms with Crippen molar-refractivity contribution in [2.45, 2.75) is 71.7 Å². The lowest BCUT2D eigenvalue weighted by atomic mass is 10.1. The topological polar surface area (TPSA) is 117 Å². The van der Waals surface area contributed by atoms with Crippen molar-refractivity contribution in [3.8, 4) is 17.6 Å². The molecule has 3 N–H and O–H groups in total. The maximum Gasteiger partial charge on any atom is 0.323 e. The summed E-state index contributed by atoms with van der Waals surface area (Å²) < 4.78 is 13.1. The molecule has 1 aliphatic carbocycles. The number of hydrogen-bond acceptors (Lipinski definition) is 8. The SMILES string of the molecule is COc1c(C)cnc(Cn2cc(C#Cc3ccc(CN[C@@H](C)C(=O)OC4CCCC4)cc3)c3c(Cl)nc(N)nc32)c1C. The second kappa shape index (κ2) is 12.8. The number of esters is 1. The average Bonchev–Trinajstić information content (AvgIpc) is 3.60. The van der Waals surface area contributed by atoms with Gasteiger partial charge in [0.2, 0.25) is 5.95 Å². The fraction of sp³-hybridized carbons (Fsp3) is 0.375. The van der Waals surface area contributed by atoms with Gasteiger partial charge in [-0.15, -0.1) is 0 Å². The normalized spacial score (nSPS) is 14.0. The standard InChI is InChI=1S/C32H35ClN6O3/c1-19-15-36-26(20(2)28(19)41-4)18-39-17-24(27-29(33)37-32(34)38-30(27)39)14-13-22-9-11-23(12-10-22)16-35-21(3)31(40)42-25-7-5-6-8-25/h9-12,15,17,21,25,35H,5-8,16,18H2,1-4H3,(H2,34,37,38)/t21-/m0/s1. The number of carbonyl (C=O) groups excluding carboxylic acids is 1. The van der Waals surface area contributed by atoms with Crippen LogP contribution in [0.5, 0.6) is 5.75 Å². The number of methoxy groups -OCH3 is 1. The summed E-state index contributed by atoms with van der Waals surface area (Å²) in [5.41, 5.74) is 11.9. The number of nitrogens with one attached hydrogen (secondary N) is 1. The van der Waals surface area contributed by atoms with Crippen molar-refractivity contribution < 1.29 is 14.3 Å². The Morgan fingerprint density at radius 1 is 1.19 bits per heavy atom. The van der Waals surface area contributed by atoms with E-state index in [1.165, 1.54) is 0 Å². The number of aromatic nitrogens is 4. The van der Waals surface area contributed by atoms with Gasteiger partial charge in [-0.25, -0.2) is 4.98 Å². The highest BCUT2D eigenvalue weighted by Crippen LogP contribution is 2.29. The van der Waals surface area contributed by atoms with Gasteiger partial charge in [0, 0.05) is 35.6 Å². The van der Waals surface area contributed by atoms with Crippen LogP contribution in [0.3, 0.4) is 0 Å². The highest BCUT2D eigenvalue weighted by atomic mass is 35.5.